The van der Waals surface area contributed by atoms with Crippen LogP contribution < -0.4 is 5.73 Å². The summed E-state index contributed by atoms with van der Waals surface area (Å²) in [6.45, 7) is 0.629. The fourth-order valence-electron chi connectivity index (χ4n) is 1.43. The maximum Gasteiger partial charge on any atom is 0.0802 e. The fraction of sp³-hybridized carbons (Fsp3) is 1.00. The maximum absolute atomic E-state index is 9.17. The molecule has 3 atom stereocenters. The van der Waals surface area contributed by atoms with Crippen molar-refractivity contribution in [1.82, 2.24) is 0 Å². The van der Waals surface area contributed by atoms with Gasteiger partial charge in [-0.2, -0.15) is 0 Å². The Balaban J connectivity index is 2.33. The summed E-state index contributed by atoms with van der Waals surface area (Å²) >= 11 is 0. The van der Waals surface area contributed by atoms with Crippen LogP contribution in [0.2, 0.25) is 0 Å². The molecule has 0 aromatic heterocycles. The molecule has 3 heteroatoms. The molecule has 1 saturated carbocycles. The molecule has 0 amide bonds. The van der Waals surface area contributed by atoms with Crippen molar-refractivity contribution in [2.45, 2.75) is 31.5 Å². The predicted octanol–water partition coefficient (Wildman–Crippen LogP) is -0.533. The summed E-state index contributed by atoms with van der Waals surface area (Å²) in [5.74, 6) is 0.415. The molecule has 0 aromatic rings. The van der Waals surface area contributed by atoms with Gasteiger partial charge < -0.3 is 15.9 Å². The second kappa shape index (κ2) is 3.32. The van der Waals surface area contributed by atoms with Gasteiger partial charge in [0.15, 0.2) is 0 Å². The molecule has 0 bridgehead atoms. The van der Waals surface area contributed by atoms with Crippen LogP contribution in [0.25, 0.3) is 0 Å². The highest BCUT2D eigenvalue weighted by Crippen LogP contribution is 2.23. The molecule has 10 heavy (non-hydrogen) atoms. The molecular formula is C7H15NO2. The van der Waals surface area contributed by atoms with Gasteiger partial charge in [0.25, 0.3) is 0 Å². The Morgan fingerprint density at radius 2 is 1.90 bits per heavy atom. The molecule has 0 radical (unpaired) electrons. The molecular weight excluding hydrogens is 130 g/mol. The van der Waals surface area contributed by atoms with E-state index in [-0.39, 0.29) is 0 Å². The van der Waals surface area contributed by atoms with Crippen LogP contribution in [-0.2, 0) is 0 Å². The van der Waals surface area contributed by atoms with Crippen LogP contribution in [-0.4, -0.2) is 29.0 Å². The van der Waals surface area contributed by atoms with Crippen LogP contribution in [0.15, 0.2) is 0 Å². The molecule has 4 N–H and O–H groups in total. The third kappa shape index (κ3) is 1.68. The fourth-order valence-corrected chi connectivity index (χ4v) is 1.43. The van der Waals surface area contributed by atoms with E-state index in [1.165, 1.54) is 0 Å². The normalized spacial score (nSPS) is 41.7. The molecule has 1 aliphatic carbocycles. The Hall–Kier alpha value is -0.120. The quantitative estimate of drug-likeness (QED) is 0.464. The van der Waals surface area contributed by atoms with Gasteiger partial charge in [0.05, 0.1) is 12.2 Å². The molecule has 60 valence electrons. The van der Waals surface area contributed by atoms with Crippen molar-refractivity contribution in [3.63, 3.8) is 0 Å². The zero-order valence-electron chi connectivity index (χ0n) is 6.03. The first-order chi connectivity index (χ1) is 4.74. The van der Waals surface area contributed by atoms with E-state index in [0.717, 1.165) is 6.42 Å². The molecule has 1 fully saturated rings. The molecule has 1 rings (SSSR count). The average Bonchev–Trinajstić information content (AvgIpc) is 1.95. The first kappa shape index (κ1) is 7.98. The molecule has 0 spiro atoms. The summed E-state index contributed by atoms with van der Waals surface area (Å²) in [7, 11) is 0. The van der Waals surface area contributed by atoms with Crippen molar-refractivity contribution >= 4 is 0 Å². The van der Waals surface area contributed by atoms with Gasteiger partial charge in [0.2, 0.25) is 0 Å². The topological polar surface area (TPSA) is 66.5 Å². The Morgan fingerprint density at radius 1 is 1.20 bits per heavy atom. The molecule has 0 aliphatic heterocycles. The molecule has 1 aliphatic rings. The van der Waals surface area contributed by atoms with Crippen LogP contribution in [0.3, 0.4) is 0 Å². The summed E-state index contributed by atoms with van der Waals surface area (Å²) in [4.78, 5) is 0. The van der Waals surface area contributed by atoms with Crippen LogP contribution in [0.4, 0.5) is 0 Å². The zero-order chi connectivity index (χ0) is 7.56. The Morgan fingerprint density at radius 3 is 2.40 bits per heavy atom. The average molecular weight is 145 g/mol. The van der Waals surface area contributed by atoms with Crippen molar-refractivity contribution in [1.29, 1.82) is 0 Å². The van der Waals surface area contributed by atoms with E-state index in [1.54, 1.807) is 0 Å². The Kier molecular flexibility index (Phi) is 2.65. The third-order valence-corrected chi connectivity index (χ3v) is 2.22. The summed E-state index contributed by atoms with van der Waals surface area (Å²) in [5.41, 5.74) is 5.42. The number of hydrogen-bond acceptors (Lipinski definition) is 3. The lowest BCUT2D eigenvalue weighted by Crippen LogP contribution is -2.35. The van der Waals surface area contributed by atoms with E-state index in [4.69, 9.17) is 10.8 Å². The standard InChI is InChI=1S/C7H15NO2/c8-4-5-1-2-6(9)7(10)3-5/h5-7,9-10H,1-4,8H2. The summed E-state index contributed by atoms with van der Waals surface area (Å²) < 4.78 is 0. The first-order valence-corrected chi connectivity index (χ1v) is 3.80. The van der Waals surface area contributed by atoms with Gasteiger partial charge in [0, 0.05) is 0 Å². The number of rotatable bonds is 1. The van der Waals surface area contributed by atoms with Gasteiger partial charge in [-0.25, -0.2) is 0 Å². The van der Waals surface area contributed by atoms with Gasteiger partial charge in [-0.05, 0) is 31.7 Å². The van der Waals surface area contributed by atoms with Gasteiger partial charge in [0.1, 0.15) is 0 Å². The van der Waals surface area contributed by atoms with Crippen LogP contribution >= 0.6 is 0 Å². The van der Waals surface area contributed by atoms with Crippen molar-refractivity contribution < 1.29 is 10.2 Å². The molecule has 3 nitrogen and oxygen atoms in total. The van der Waals surface area contributed by atoms with Crippen molar-refractivity contribution in [2.75, 3.05) is 6.54 Å². The summed E-state index contributed by atoms with van der Waals surface area (Å²) in [6, 6.07) is 0. The van der Waals surface area contributed by atoms with Gasteiger partial charge in [-0.15, -0.1) is 0 Å². The maximum atomic E-state index is 9.17. The summed E-state index contributed by atoms with van der Waals surface area (Å²) in [6.07, 6.45) is 1.26. The molecule has 3 unspecified atom stereocenters. The van der Waals surface area contributed by atoms with E-state index in [1.807, 2.05) is 0 Å². The second-order valence-electron chi connectivity index (χ2n) is 3.05. The predicted molar refractivity (Wildman–Crippen MR) is 38.4 cm³/mol. The first-order valence-electron chi connectivity index (χ1n) is 3.80. The van der Waals surface area contributed by atoms with E-state index >= 15 is 0 Å². The lowest BCUT2D eigenvalue weighted by atomic mass is 9.85. The minimum absolute atomic E-state index is 0.415. The number of aliphatic hydroxyl groups excluding tert-OH is 2. The Bertz CT molecular complexity index is 108. The number of hydrogen-bond donors (Lipinski definition) is 3. The highest BCUT2D eigenvalue weighted by molar-refractivity contribution is 4.79. The smallest absolute Gasteiger partial charge is 0.0802 e. The molecule has 0 saturated heterocycles. The molecule has 0 aromatic carbocycles. The van der Waals surface area contributed by atoms with Gasteiger partial charge in [-0.3, -0.25) is 0 Å². The van der Waals surface area contributed by atoms with Crippen molar-refractivity contribution in [2.24, 2.45) is 11.7 Å². The zero-order valence-corrected chi connectivity index (χ0v) is 6.03. The highest BCUT2D eigenvalue weighted by atomic mass is 16.3. The van der Waals surface area contributed by atoms with E-state index in [2.05, 4.69) is 0 Å². The number of nitrogens with two attached hydrogens (primary N) is 1. The minimum atomic E-state index is -0.540. The minimum Gasteiger partial charge on any atom is -0.390 e. The number of aliphatic hydroxyl groups is 2. The molecule has 0 heterocycles. The van der Waals surface area contributed by atoms with E-state index in [0.29, 0.717) is 25.3 Å². The van der Waals surface area contributed by atoms with Crippen LogP contribution in [0.5, 0.6) is 0 Å². The lowest BCUT2D eigenvalue weighted by Gasteiger charge is -2.28. The monoisotopic (exact) mass is 145 g/mol. The van der Waals surface area contributed by atoms with Crippen molar-refractivity contribution in [3.05, 3.63) is 0 Å². The van der Waals surface area contributed by atoms with Crippen LogP contribution in [0.1, 0.15) is 19.3 Å². The second-order valence-corrected chi connectivity index (χ2v) is 3.05. The van der Waals surface area contributed by atoms with Crippen LogP contribution in [0, 0.1) is 5.92 Å². The SMILES string of the molecule is NCC1CCC(O)C(O)C1. The van der Waals surface area contributed by atoms with E-state index in [9.17, 15) is 5.11 Å². The highest BCUT2D eigenvalue weighted by Gasteiger charge is 2.26. The lowest BCUT2D eigenvalue weighted by molar-refractivity contribution is -0.0239. The largest absolute Gasteiger partial charge is 0.390 e. The van der Waals surface area contributed by atoms with E-state index < -0.39 is 12.2 Å². The van der Waals surface area contributed by atoms with Gasteiger partial charge >= 0.3 is 0 Å². The van der Waals surface area contributed by atoms with Crippen molar-refractivity contribution in [3.8, 4) is 0 Å². The Labute approximate surface area is 60.9 Å². The third-order valence-electron chi connectivity index (χ3n) is 2.22. The summed E-state index contributed by atoms with van der Waals surface area (Å²) in [5, 5.41) is 18.3. The van der Waals surface area contributed by atoms with Gasteiger partial charge in [-0.1, -0.05) is 0 Å².